The minimum Gasteiger partial charge on any atom is -0.487 e. The van der Waals surface area contributed by atoms with Crippen LogP contribution >= 0.6 is 11.6 Å². The minimum absolute atomic E-state index is 0.0429. The van der Waals surface area contributed by atoms with E-state index in [1.54, 1.807) is 0 Å². The summed E-state index contributed by atoms with van der Waals surface area (Å²) in [7, 11) is 0. The van der Waals surface area contributed by atoms with Crippen molar-refractivity contribution >= 4 is 11.6 Å². The van der Waals surface area contributed by atoms with Crippen molar-refractivity contribution in [1.82, 2.24) is 0 Å². The second-order valence-electron chi connectivity index (χ2n) is 6.62. The van der Waals surface area contributed by atoms with Crippen LogP contribution < -0.4 is 10.5 Å². The Morgan fingerprint density at radius 3 is 2.78 bits per heavy atom. The number of benzene rings is 1. The highest BCUT2D eigenvalue weighted by Crippen LogP contribution is 2.52. The van der Waals surface area contributed by atoms with Crippen molar-refractivity contribution in [3.8, 4) is 5.75 Å². The van der Waals surface area contributed by atoms with Gasteiger partial charge in [-0.3, -0.25) is 0 Å². The first-order chi connectivity index (χ1) is 8.39. The van der Waals surface area contributed by atoms with Gasteiger partial charge >= 0.3 is 0 Å². The highest BCUT2D eigenvalue weighted by molar-refractivity contribution is 6.30. The molecule has 1 heterocycles. The van der Waals surface area contributed by atoms with Crippen molar-refractivity contribution in [3.63, 3.8) is 0 Å². The van der Waals surface area contributed by atoms with E-state index >= 15 is 0 Å². The molecule has 1 aromatic rings. The maximum absolute atomic E-state index is 6.32. The maximum Gasteiger partial charge on any atom is 0.125 e. The van der Waals surface area contributed by atoms with Gasteiger partial charge in [0, 0.05) is 23.0 Å². The topological polar surface area (TPSA) is 35.2 Å². The second kappa shape index (κ2) is 3.88. The molecule has 2 aliphatic rings. The second-order valence-corrected chi connectivity index (χ2v) is 7.06. The zero-order chi connectivity index (χ0) is 13.0. The molecule has 0 amide bonds. The number of rotatable bonds is 0. The van der Waals surface area contributed by atoms with Crippen LogP contribution in [0.25, 0.3) is 0 Å². The van der Waals surface area contributed by atoms with Crippen molar-refractivity contribution < 1.29 is 4.74 Å². The van der Waals surface area contributed by atoms with E-state index in [4.69, 9.17) is 22.1 Å². The third-order valence-corrected chi connectivity index (χ3v) is 4.58. The normalized spacial score (nSPS) is 33.2. The fourth-order valence-electron chi connectivity index (χ4n) is 3.56. The van der Waals surface area contributed by atoms with E-state index in [2.05, 4.69) is 13.8 Å². The summed E-state index contributed by atoms with van der Waals surface area (Å²) < 4.78 is 6.30. The van der Waals surface area contributed by atoms with Gasteiger partial charge in [-0.25, -0.2) is 0 Å². The third kappa shape index (κ3) is 2.02. The molecule has 0 radical (unpaired) electrons. The van der Waals surface area contributed by atoms with E-state index in [-0.39, 0.29) is 11.6 Å². The predicted octanol–water partition coefficient (Wildman–Crippen LogP) is 4.07. The average Bonchev–Trinajstić information content (AvgIpc) is 2.56. The van der Waals surface area contributed by atoms with Crippen molar-refractivity contribution in [1.29, 1.82) is 0 Å². The van der Waals surface area contributed by atoms with Gasteiger partial charge in [0.15, 0.2) is 0 Å². The Bertz CT molecular complexity index is 485. The Morgan fingerprint density at radius 1 is 1.33 bits per heavy atom. The van der Waals surface area contributed by atoms with Crippen LogP contribution in [0.2, 0.25) is 5.02 Å². The van der Waals surface area contributed by atoms with Crippen molar-refractivity contribution in [2.24, 2.45) is 11.1 Å². The average molecular weight is 266 g/mol. The van der Waals surface area contributed by atoms with E-state index in [1.165, 1.54) is 6.42 Å². The summed E-state index contributed by atoms with van der Waals surface area (Å²) in [6.07, 6.45) is 4.32. The van der Waals surface area contributed by atoms with Gasteiger partial charge in [-0.05, 0) is 42.9 Å². The molecule has 0 saturated heterocycles. The van der Waals surface area contributed by atoms with E-state index in [0.717, 1.165) is 35.6 Å². The molecular formula is C15H20ClNO. The summed E-state index contributed by atoms with van der Waals surface area (Å²) >= 11 is 6.03. The third-order valence-electron chi connectivity index (χ3n) is 4.35. The molecule has 18 heavy (non-hydrogen) atoms. The molecule has 98 valence electrons. The Hall–Kier alpha value is -0.730. The van der Waals surface area contributed by atoms with Gasteiger partial charge in [-0.2, -0.15) is 0 Å². The van der Waals surface area contributed by atoms with Crippen LogP contribution in [0.1, 0.15) is 51.1 Å². The SMILES string of the molecule is CC1(C)CCC2(C[C@H](N)c3cc(Cl)ccc3O2)C1. The van der Waals surface area contributed by atoms with Gasteiger partial charge in [0.1, 0.15) is 11.4 Å². The molecule has 1 saturated carbocycles. The first-order valence-corrected chi connectivity index (χ1v) is 7.01. The van der Waals surface area contributed by atoms with Crippen molar-refractivity contribution in [2.75, 3.05) is 0 Å². The summed E-state index contributed by atoms with van der Waals surface area (Å²) in [5, 5.41) is 0.732. The van der Waals surface area contributed by atoms with Gasteiger partial charge in [-0.1, -0.05) is 25.4 Å². The van der Waals surface area contributed by atoms with Crippen LogP contribution in [0.4, 0.5) is 0 Å². The number of hydrogen-bond acceptors (Lipinski definition) is 2. The fourth-order valence-corrected chi connectivity index (χ4v) is 3.74. The molecule has 1 fully saturated rings. The molecule has 3 rings (SSSR count). The summed E-state index contributed by atoms with van der Waals surface area (Å²) in [6, 6.07) is 5.83. The minimum atomic E-state index is -0.0518. The van der Waals surface area contributed by atoms with Crippen LogP contribution in [0.15, 0.2) is 18.2 Å². The van der Waals surface area contributed by atoms with Gasteiger partial charge in [0.05, 0.1) is 0 Å². The first-order valence-electron chi connectivity index (χ1n) is 6.63. The quantitative estimate of drug-likeness (QED) is 0.767. The molecule has 0 aromatic heterocycles. The molecule has 2 N–H and O–H groups in total. The van der Waals surface area contributed by atoms with Crippen LogP contribution in [-0.4, -0.2) is 5.60 Å². The monoisotopic (exact) mass is 265 g/mol. The lowest BCUT2D eigenvalue weighted by Crippen LogP contribution is -2.41. The zero-order valence-corrected chi connectivity index (χ0v) is 11.8. The number of hydrogen-bond donors (Lipinski definition) is 1. The standard InChI is InChI=1S/C15H20ClNO/c1-14(2)5-6-15(9-14)8-12(17)11-7-10(16)3-4-13(11)18-15/h3-4,7,12H,5-6,8-9,17H2,1-2H3/t12-,15?/m0/s1. The van der Waals surface area contributed by atoms with E-state index in [9.17, 15) is 0 Å². The highest BCUT2D eigenvalue weighted by Gasteiger charge is 2.48. The van der Waals surface area contributed by atoms with Gasteiger partial charge in [0.2, 0.25) is 0 Å². The highest BCUT2D eigenvalue weighted by atomic mass is 35.5. The molecule has 1 spiro atoms. The Labute approximate surface area is 113 Å². The van der Waals surface area contributed by atoms with Gasteiger partial charge in [0.25, 0.3) is 0 Å². The molecule has 1 aliphatic carbocycles. The van der Waals surface area contributed by atoms with Crippen LogP contribution in [0.5, 0.6) is 5.75 Å². The lowest BCUT2D eigenvalue weighted by molar-refractivity contribution is 0.0331. The Balaban J connectivity index is 1.95. The first kappa shape index (κ1) is 12.3. The molecule has 3 heteroatoms. The Kier molecular flexibility index (Phi) is 2.65. The van der Waals surface area contributed by atoms with Gasteiger partial charge in [-0.15, -0.1) is 0 Å². The van der Waals surface area contributed by atoms with Crippen LogP contribution in [0.3, 0.4) is 0 Å². The fraction of sp³-hybridized carbons (Fsp3) is 0.600. The molecule has 2 nitrogen and oxygen atoms in total. The number of fused-ring (bicyclic) bond motifs is 1. The van der Waals surface area contributed by atoms with Crippen LogP contribution in [-0.2, 0) is 0 Å². The number of ether oxygens (including phenoxy) is 1. The summed E-state index contributed by atoms with van der Waals surface area (Å²) in [4.78, 5) is 0. The Morgan fingerprint density at radius 2 is 2.11 bits per heavy atom. The van der Waals surface area contributed by atoms with Gasteiger partial charge < -0.3 is 10.5 Å². The van der Waals surface area contributed by atoms with E-state index in [0.29, 0.717) is 5.41 Å². The van der Waals surface area contributed by atoms with Crippen molar-refractivity contribution in [3.05, 3.63) is 28.8 Å². The zero-order valence-electron chi connectivity index (χ0n) is 11.0. The summed E-state index contributed by atoms with van der Waals surface area (Å²) in [5.74, 6) is 0.927. The van der Waals surface area contributed by atoms with E-state index < -0.39 is 0 Å². The number of nitrogens with two attached hydrogens (primary N) is 1. The van der Waals surface area contributed by atoms with Crippen molar-refractivity contribution in [2.45, 2.75) is 51.2 Å². The predicted molar refractivity (Wildman–Crippen MR) is 74.0 cm³/mol. The molecular weight excluding hydrogens is 246 g/mol. The summed E-state index contributed by atoms with van der Waals surface area (Å²) in [6.45, 7) is 4.63. The maximum atomic E-state index is 6.32. The largest absolute Gasteiger partial charge is 0.487 e. The molecule has 1 aliphatic heterocycles. The smallest absolute Gasteiger partial charge is 0.125 e. The number of halogens is 1. The summed E-state index contributed by atoms with van der Waals surface area (Å²) in [5.41, 5.74) is 7.69. The molecule has 2 atom stereocenters. The van der Waals surface area contributed by atoms with Crippen LogP contribution in [0, 0.1) is 5.41 Å². The van der Waals surface area contributed by atoms with E-state index in [1.807, 2.05) is 18.2 Å². The molecule has 1 aromatic carbocycles. The lowest BCUT2D eigenvalue weighted by atomic mass is 9.83. The molecule has 0 bridgehead atoms. The lowest BCUT2D eigenvalue weighted by Gasteiger charge is -2.39. The molecule has 1 unspecified atom stereocenters.